The fourth-order valence-electron chi connectivity index (χ4n) is 3.49. The zero-order chi connectivity index (χ0) is 23.6. The molecule has 1 N–H and O–H groups in total. The number of aromatic nitrogens is 4. The SMILES string of the molecule is Cc1cc(Nc2nccc(C(F)(F)F)n2)cc(-c2cnc(N3CCC(=O)N(C)CC3)nc2)c1. The van der Waals surface area contributed by atoms with Gasteiger partial charge in [-0.25, -0.2) is 19.9 Å². The van der Waals surface area contributed by atoms with Crippen LogP contribution in [0.1, 0.15) is 17.7 Å². The lowest BCUT2D eigenvalue weighted by atomic mass is 10.1. The molecular weight excluding hydrogens is 435 g/mol. The van der Waals surface area contributed by atoms with E-state index < -0.39 is 11.9 Å². The van der Waals surface area contributed by atoms with Crippen molar-refractivity contribution in [1.82, 2.24) is 24.8 Å². The minimum Gasteiger partial charge on any atom is -0.344 e. The summed E-state index contributed by atoms with van der Waals surface area (Å²) in [6.07, 6.45) is 0.310. The van der Waals surface area contributed by atoms with Crippen molar-refractivity contribution in [2.75, 3.05) is 36.9 Å². The highest BCUT2D eigenvalue weighted by atomic mass is 19.4. The van der Waals surface area contributed by atoms with Gasteiger partial charge in [-0.1, -0.05) is 6.07 Å². The van der Waals surface area contributed by atoms with Crippen LogP contribution in [-0.4, -0.2) is 57.4 Å². The lowest BCUT2D eigenvalue weighted by Crippen LogP contribution is -2.30. The maximum atomic E-state index is 12.9. The fourth-order valence-corrected chi connectivity index (χ4v) is 3.49. The van der Waals surface area contributed by atoms with Crippen molar-refractivity contribution in [2.45, 2.75) is 19.5 Å². The lowest BCUT2D eigenvalue weighted by Gasteiger charge is -2.20. The van der Waals surface area contributed by atoms with Crippen molar-refractivity contribution < 1.29 is 18.0 Å². The molecule has 1 fully saturated rings. The smallest absolute Gasteiger partial charge is 0.344 e. The van der Waals surface area contributed by atoms with Crippen molar-refractivity contribution in [3.63, 3.8) is 0 Å². The zero-order valence-corrected chi connectivity index (χ0v) is 18.1. The second-order valence-electron chi connectivity index (χ2n) is 7.80. The monoisotopic (exact) mass is 457 g/mol. The van der Waals surface area contributed by atoms with Crippen LogP contribution >= 0.6 is 0 Å². The van der Waals surface area contributed by atoms with Gasteiger partial charge in [0, 0.05) is 62.9 Å². The third kappa shape index (κ3) is 5.36. The van der Waals surface area contributed by atoms with Crippen LogP contribution < -0.4 is 10.2 Å². The topological polar surface area (TPSA) is 87.1 Å². The van der Waals surface area contributed by atoms with Crippen molar-refractivity contribution in [3.05, 3.63) is 54.1 Å². The highest BCUT2D eigenvalue weighted by Gasteiger charge is 2.32. The molecule has 0 saturated carbocycles. The number of carbonyl (C=O) groups is 1. The molecule has 172 valence electrons. The van der Waals surface area contributed by atoms with E-state index in [4.69, 9.17) is 0 Å². The predicted octanol–water partition coefficient (Wildman–Crippen LogP) is 3.67. The molecule has 3 heterocycles. The number of amides is 1. The molecule has 2 aromatic heterocycles. The van der Waals surface area contributed by atoms with E-state index >= 15 is 0 Å². The predicted molar refractivity (Wildman–Crippen MR) is 117 cm³/mol. The van der Waals surface area contributed by atoms with E-state index in [0.29, 0.717) is 37.7 Å². The number of nitrogens with one attached hydrogen (secondary N) is 1. The summed E-state index contributed by atoms with van der Waals surface area (Å²) in [5.74, 6) is 0.498. The zero-order valence-electron chi connectivity index (χ0n) is 18.1. The molecule has 8 nitrogen and oxygen atoms in total. The van der Waals surface area contributed by atoms with E-state index in [0.717, 1.165) is 29.0 Å². The summed E-state index contributed by atoms with van der Waals surface area (Å²) in [5, 5.41) is 2.84. The molecule has 1 aromatic carbocycles. The number of benzene rings is 1. The summed E-state index contributed by atoms with van der Waals surface area (Å²) in [4.78, 5) is 31.9. The number of nitrogens with zero attached hydrogens (tertiary/aromatic N) is 6. The maximum absolute atomic E-state index is 12.9. The Bertz CT molecular complexity index is 1150. The standard InChI is InChI=1S/C22H22F3N7O/c1-14-9-15(11-17(10-14)29-20-26-5-3-18(30-20)22(23,24)25)16-12-27-21(28-13-16)32-6-4-19(33)31(2)7-8-32/h3,5,9-13H,4,6-8H2,1-2H3,(H,26,29,30). The van der Waals surface area contributed by atoms with Gasteiger partial charge in [-0.2, -0.15) is 13.2 Å². The number of likely N-dealkylation sites (N-methyl/N-ethyl adjacent to an activating group) is 1. The minimum atomic E-state index is -4.55. The Morgan fingerprint density at radius 3 is 2.48 bits per heavy atom. The van der Waals surface area contributed by atoms with Gasteiger partial charge in [-0.05, 0) is 36.2 Å². The van der Waals surface area contributed by atoms with Gasteiger partial charge >= 0.3 is 6.18 Å². The van der Waals surface area contributed by atoms with Gasteiger partial charge in [0.15, 0.2) is 0 Å². The molecule has 1 saturated heterocycles. The van der Waals surface area contributed by atoms with Crippen LogP contribution in [0.4, 0.5) is 30.8 Å². The summed E-state index contributed by atoms with van der Waals surface area (Å²) in [6.45, 7) is 3.69. The second-order valence-corrected chi connectivity index (χ2v) is 7.80. The first-order chi connectivity index (χ1) is 15.7. The molecule has 0 aliphatic carbocycles. The lowest BCUT2D eigenvalue weighted by molar-refractivity contribution is -0.141. The third-order valence-corrected chi connectivity index (χ3v) is 5.26. The van der Waals surface area contributed by atoms with Gasteiger partial charge in [0.25, 0.3) is 0 Å². The van der Waals surface area contributed by atoms with Crippen LogP contribution in [0, 0.1) is 6.92 Å². The van der Waals surface area contributed by atoms with Crippen molar-refractivity contribution in [2.24, 2.45) is 0 Å². The first kappa shape index (κ1) is 22.4. The first-order valence-electron chi connectivity index (χ1n) is 10.3. The molecule has 0 spiro atoms. The molecule has 0 unspecified atom stereocenters. The number of hydrogen-bond acceptors (Lipinski definition) is 7. The molecule has 1 aliphatic rings. The average Bonchev–Trinajstić information content (AvgIpc) is 2.94. The number of anilines is 3. The number of alkyl halides is 3. The highest BCUT2D eigenvalue weighted by Crippen LogP contribution is 2.29. The Balaban J connectivity index is 1.54. The first-order valence-corrected chi connectivity index (χ1v) is 10.3. The molecule has 0 atom stereocenters. The molecule has 0 bridgehead atoms. The molecule has 3 aromatic rings. The minimum absolute atomic E-state index is 0.0960. The van der Waals surface area contributed by atoms with Gasteiger partial charge < -0.3 is 15.1 Å². The Morgan fingerprint density at radius 1 is 1.00 bits per heavy atom. The van der Waals surface area contributed by atoms with E-state index in [-0.39, 0.29) is 11.9 Å². The molecule has 1 aliphatic heterocycles. The highest BCUT2D eigenvalue weighted by molar-refractivity contribution is 5.77. The summed E-state index contributed by atoms with van der Waals surface area (Å²) in [6, 6.07) is 6.31. The number of halogens is 3. The Morgan fingerprint density at radius 2 is 1.76 bits per heavy atom. The van der Waals surface area contributed by atoms with Gasteiger partial charge in [-0.15, -0.1) is 0 Å². The van der Waals surface area contributed by atoms with Gasteiger partial charge in [-0.3, -0.25) is 4.79 Å². The number of aryl methyl sites for hydroxylation is 1. The van der Waals surface area contributed by atoms with Crippen LogP contribution in [0.5, 0.6) is 0 Å². The van der Waals surface area contributed by atoms with Crippen molar-refractivity contribution >= 4 is 23.5 Å². The van der Waals surface area contributed by atoms with Gasteiger partial charge in [0.05, 0.1) is 0 Å². The largest absolute Gasteiger partial charge is 0.433 e. The Labute approximate surface area is 188 Å². The number of carbonyl (C=O) groups excluding carboxylic acids is 1. The van der Waals surface area contributed by atoms with E-state index in [9.17, 15) is 18.0 Å². The molecule has 0 radical (unpaired) electrons. The number of rotatable bonds is 4. The molecular formula is C22H22F3N7O. The van der Waals surface area contributed by atoms with E-state index in [1.54, 1.807) is 36.5 Å². The van der Waals surface area contributed by atoms with Gasteiger partial charge in [0.2, 0.25) is 17.8 Å². The van der Waals surface area contributed by atoms with Crippen molar-refractivity contribution in [3.8, 4) is 11.1 Å². The van der Waals surface area contributed by atoms with E-state index in [2.05, 4.69) is 25.3 Å². The molecule has 33 heavy (non-hydrogen) atoms. The maximum Gasteiger partial charge on any atom is 0.433 e. The van der Waals surface area contributed by atoms with Crippen LogP contribution in [-0.2, 0) is 11.0 Å². The second kappa shape index (κ2) is 9.00. The van der Waals surface area contributed by atoms with E-state index in [1.165, 1.54) is 0 Å². The third-order valence-electron chi connectivity index (χ3n) is 5.26. The van der Waals surface area contributed by atoms with Crippen LogP contribution in [0.25, 0.3) is 11.1 Å². The van der Waals surface area contributed by atoms with Crippen LogP contribution in [0.2, 0.25) is 0 Å². The molecule has 11 heteroatoms. The van der Waals surface area contributed by atoms with Gasteiger partial charge in [0.1, 0.15) is 5.69 Å². The Kier molecular flexibility index (Phi) is 6.12. The van der Waals surface area contributed by atoms with E-state index in [1.807, 2.05) is 17.9 Å². The normalized spacial score (nSPS) is 14.9. The molecule has 4 rings (SSSR count). The summed E-state index contributed by atoms with van der Waals surface area (Å²) >= 11 is 0. The Hall–Kier alpha value is -3.76. The summed E-state index contributed by atoms with van der Waals surface area (Å²) in [7, 11) is 1.78. The molecule has 1 amide bonds. The summed E-state index contributed by atoms with van der Waals surface area (Å²) in [5.41, 5.74) is 1.96. The quantitative estimate of drug-likeness (QED) is 0.640. The van der Waals surface area contributed by atoms with Crippen molar-refractivity contribution in [1.29, 1.82) is 0 Å². The summed E-state index contributed by atoms with van der Waals surface area (Å²) < 4.78 is 38.8. The van der Waals surface area contributed by atoms with Crippen LogP contribution in [0.15, 0.2) is 42.9 Å². The number of hydrogen-bond donors (Lipinski definition) is 1. The fraction of sp³-hybridized carbons (Fsp3) is 0.318. The average molecular weight is 457 g/mol. The van der Waals surface area contributed by atoms with Crippen LogP contribution in [0.3, 0.4) is 0 Å².